The number of amides is 2. The molecule has 0 spiro atoms. The predicted octanol–water partition coefficient (Wildman–Crippen LogP) is 2.94. The molecule has 0 aromatic heterocycles. The van der Waals surface area contributed by atoms with Gasteiger partial charge in [0.15, 0.2) is 0 Å². The summed E-state index contributed by atoms with van der Waals surface area (Å²) >= 11 is 0. The summed E-state index contributed by atoms with van der Waals surface area (Å²) in [6.07, 6.45) is 0.726. The van der Waals surface area contributed by atoms with E-state index in [1.807, 2.05) is 38.1 Å². The van der Waals surface area contributed by atoms with Gasteiger partial charge in [0, 0.05) is 20.0 Å². The van der Waals surface area contributed by atoms with Crippen LogP contribution in [0.4, 0.5) is 0 Å². The third kappa shape index (κ3) is 5.21. The monoisotopic (exact) mass is 346 g/mol. The topological polar surface area (TPSA) is 58.6 Å². The largest absolute Gasteiger partial charge is 0.493 e. The molecule has 0 saturated carbocycles. The maximum Gasteiger partial charge on any atom is 0.225 e. The average molecular weight is 346 g/mol. The first kappa shape index (κ1) is 19.3. The van der Waals surface area contributed by atoms with E-state index < -0.39 is 5.54 Å². The van der Waals surface area contributed by atoms with E-state index in [0.717, 1.165) is 17.7 Å². The van der Waals surface area contributed by atoms with Gasteiger partial charge in [-0.25, -0.2) is 0 Å². The third-order valence-electron chi connectivity index (χ3n) is 4.60. The maximum atomic E-state index is 12.6. The molecule has 2 amide bonds. The molecule has 138 valence electrons. The number of carbonyl (C=O) groups excluding carboxylic acids is 2. The molecule has 1 aliphatic rings. The number of carbonyl (C=O) groups is 2. The molecule has 5 nitrogen and oxygen atoms in total. The summed E-state index contributed by atoms with van der Waals surface area (Å²) in [7, 11) is 0. The molecule has 1 aromatic carbocycles. The molecule has 5 heteroatoms. The molecule has 1 aromatic rings. The lowest BCUT2D eigenvalue weighted by molar-refractivity contribution is -0.129. The summed E-state index contributed by atoms with van der Waals surface area (Å²) in [4.78, 5) is 25.7. The maximum absolute atomic E-state index is 12.6. The summed E-state index contributed by atoms with van der Waals surface area (Å²) in [5, 5.41) is 3.13. The summed E-state index contributed by atoms with van der Waals surface area (Å²) in [5.41, 5.74) is 0.552. The second-order valence-corrected chi connectivity index (χ2v) is 7.79. The van der Waals surface area contributed by atoms with Gasteiger partial charge < -0.3 is 15.0 Å². The van der Waals surface area contributed by atoms with Crippen LogP contribution in [0.25, 0.3) is 0 Å². The van der Waals surface area contributed by atoms with Gasteiger partial charge in [-0.1, -0.05) is 26.0 Å². The van der Waals surface area contributed by atoms with E-state index >= 15 is 0 Å². The van der Waals surface area contributed by atoms with Gasteiger partial charge >= 0.3 is 0 Å². The minimum atomic E-state index is -0.475. The van der Waals surface area contributed by atoms with Crippen molar-refractivity contribution in [2.75, 3.05) is 19.7 Å². The molecule has 1 aliphatic heterocycles. The fraction of sp³-hybridized carbons (Fsp3) is 0.600. The highest BCUT2D eigenvalue weighted by atomic mass is 16.5. The molecular formula is C20H30N2O3. The van der Waals surface area contributed by atoms with Crippen LogP contribution in [-0.4, -0.2) is 36.4 Å². The Morgan fingerprint density at radius 2 is 1.92 bits per heavy atom. The van der Waals surface area contributed by atoms with Gasteiger partial charge in [-0.2, -0.15) is 0 Å². The van der Waals surface area contributed by atoms with Crippen LogP contribution < -0.4 is 10.1 Å². The number of likely N-dealkylation sites (tertiary alicyclic amines) is 1. The summed E-state index contributed by atoms with van der Waals surface area (Å²) in [6.45, 7) is 11.6. The van der Waals surface area contributed by atoms with E-state index in [2.05, 4.69) is 19.2 Å². The normalized spacial score (nSPS) is 17.7. The predicted molar refractivity (Wildman–Crippen MR) is 98.3 cm³/mol. The van der Waals surface area contributed by atoms with Crippen LogP contribution in [0, 0.1) is 11.8 Å². The van der Waals surface area contributed by atoms with Crippen molar-refractivity contribution in [2.24, 2.45) is 11.8 Å². The molecule has 0 radical (unpaired) electrons. The van der Waals surface area contributed by atoms with Gasteiger partial charge in [0.25, 0.3) is 0 Å². The van der Waals surface area contributed by atoms with Gasteiger partial charge in [-0.15, -0.1) is 0 Å². The Balaban J connectivity index is 1.96. The van der Waals surface area contributed by atoms with Crippen LogP contribution in [0.1, 0.15) is 46.6 Å². The molecule has 0 bridgehead atoms. The number of nitrogens with one attached hydrogen (secondary N) is 1. The average Bonchev–Trinajstić information content (AvgIpc) is 3.03. The fourth-order valence-electron chi connectivity index (χ4n) is 2.97. The van der Waals surface area contributed by atoms with Crippen molar-refractivity contribution in [3.63, 3.8) is 0 Å². The summed E-state index contributed by atoms with van der Waals surface area (Å²) < 4.78 is 5.71. The Bertz CT molecular complexity index is 608. The molecule has 0 aliphatic carbocycles. The number of ether oxygens (including phenoxy) is 1. The zero-order valence-electron chi connectivity index (χ0n) is 16.0. The van der Waals surface area contributed by atoms with Gasteiger partial charge in [0.2, 0.25) is 11.8 Å². The molecule has 1 unspecified atom stereocenters. The van der Waals surface area contributed by atoms with Crippen molar-refractivity contribution in [2.45, 2.75) is 46.6 Å². The first-order valence-electron chi connectivity index (χ1n) is 9.00. The van der Waals surface area contributed by atoms with Crippen molar-refractivity contribution < 1.29 is 14.3 Å². The summed E-state index contributed by atoms with van der Waals surface area (Å²) in [5.74, 6) is 1.24. The number of hydrogen-bond donors (Lipinski definition) is 1. The van der Waals surface area contributed by atoms with E-state index in [0.29, 0.717) is 25.6 Å². The Morgan fingerprint density at radius 1 is 1.28 bits per heavy atom. The Kier molecular flexibility index (Phi) is 6.09. The van der Waals surface area contributed by atoms with Gasteiger partial charge in [0.05, 0.1) is 18.1 Å². The minimum Gasteiger partial charge on any atom is -0.493 e. The quantitative estimate of drug-likeness (QED) is 0.861. The van der Waals surface area contributed by atoms with Crippen LogP contribution in [0.15, 0.2) is 24.3 Å². The van der Waals surface area contributed by atoms with Crippen molar-refractivity contribution in [3.8, 4) is 5.75 Å². The van der Waals surface area contributed by atoms with Crippen LogP contribution >= 0.6 is 0 Å². The minimum absolute atomic E-state index is 0.00823. The van der Waals surface area contributed by atoms with E-state index in [1.54, 1.807) is 11.8 Å². The molecule has 1 heterocycles. The lowest BCUT2D eigenvalue weighted by Gasteiger charge is -2.28. The molecule has 1 N–H and O–H groups in total. The molecular weight excluding hydrogens is 316 g/mol. The highest BCUT2D eigenvalue weighted by molar-refractivity contribution is 5.82. The first-order chi connectivity index (χ1) is 11.7. The van der Waals surface area contributed by atoms with Crippen LogP contribution in [0.5, 0.6) is 5.75 Å². The highest BCUT2D eigenvalue weighted by Crippen LogP contribution is 2.25. The third-order valence-corrected chi connectivity index (χ3v) is 4.60. The van der Waals surface area contributed by atoms with Gasteiger partial charge in [0.1, 0.15) is 5.75 Å². The van der Waals surface area contributed by atoms with E-state index in [1.165, 1.54) is 0 Å². The van der Waals surface area contributed by atoms with Gasteiger partial charge in [-0.3, -0.25) is 9.59 Å². The first-order valence-corrected chi connectivity index (χ1v) is 9.00. The molecule has 1 fully saturated rings. The van der Waals surface area contributed by atoms with Crippen LogP contribution in [0.2, 0.25) is 0 Å². The fourth-order valence-corrected chi connectivity index (χ4v) is 2.97. The molecule has 25 heavy (non-hydrogen) atoms. The van der Waals surface area contributed by atoms with E-state index in [4.69, 9.17) is 4.74 Å². The zero-order chi connectivity index (χ0) is 18.6. The number of hydrogen-bond acceptors (Lipinski definition) is 3. The highest BCUT2D eigenvalue weighted by Gasteiger charge is 2.33. The SMILES string of the molecule is CC(=O)N1CCC(C(=O)NC(C)(C)c2ccc(OCC(C)C)cc2)C1. The van der Waals surface area contributed by atoms with Crippen molar-refractivity contribution in [1.29, 1.82) is 0 Å². The Hall–Kier alpha value is -2.04. The van der Waals surface area contributed by atoms with Crippen LogP contribution in [-0.2, 0) is 15.1 Å². The van der Waals surface area contributed by atoms with Crippen molar-refractivity contribution in [3.05, 3.63) is 29.8 Å². The summed E-state index contributed by atoms with van der Waals surface area (Å²) in [6, 6.07) is 7.87. The van der Waals surface area contributed by atoms with E-state index in [9.17, 15) is 9.59 Å². The van der Waals surface area contributed by atoms with Crippen molar-refractivity contribution in [1.82, 2.24) is 10.2 Å². The smallest absolute Gasteiger partial charge is 0.225 e. The number of rotatable bonds is 6. The number of nitrogens with zero attached hydrogens (tertiary/aromatic N) is 1. The zero-order valence-corrected chi connectivity index (χ0v) is 16.0. The van der Waals surface area contributed by atoms with Crippen molar-refractivity contribution >= 4 is 11.8 Å². The van der Waals surface area contributed by atoms with E-state index in [-0.39, 0.29) is 17.7 Å². The Labute approximate surface area is 150 Å². The standard InChI is InChI=1S/C20H30N2O3/c1-14(2)13-25-18-8-6-17(7-9-18)20(4,5)21-19(24)16-10-11-22(12-16)15(3)23/h6-9,14,16H,10-13H2,1-5H3,(H,21,24). The molecule has 2 rings (SSSR count). The molecule has 1 saturated heterocycles. The second-order valence-electron chi connectivity index (χ2n) is 7.79. The number of benzene rings is 1. The Morgan fingerprint density at radius 3 is 2.44 bits per heavy atom. The lowest BCUT2D eigenvalue weighted by Crippen LogP contribution is -2.44. The van der Waals surface area contributed by atoms with Crippen LogP contribution in [0.3, 0.4) is 0 Å². The lowest BCUT2D eigenvalue weighted by atomic mass is 9.93. The second kappa shape index (κ2) is 7.89. The molecule has 1 atom stereocenters. The van der Waals surface area contributed by atoms with Gasteiger partial charge in [-0.05, 0) is 43.9 Å².